The number of benzene rings is 2. The van der Waals surface area contributed by atoms with Crippen LogP contribution in [0.1, 0.15) is 60.8 Å². The third-order valence-corrected chi connectivity index (χ3v) is 4.66. The summed E-state index contributed by atoms with van der Waals surface area (Å²) in [7, 11) is 0. The summed E-state index contributed by atoms with van der Waals surface area (Å²) in [5, 5.41) is 10.8. The molecule has 1 heteroatoms. The smallest absolute Gasteiger partial charge is 0.0858 e. The molecule has 3 rings (SSSR count). The first-order valence-electron chi connectivity index (χ1n) is 7.59. The second-order valence-corrected chi connectivity index (χ2v) is 5.90. The molecule has 2 aromatic rings. The van der Waals surface area contributed by atoms with Crippen LogP contribution in [0.15, 0.2) is 54.6 Å². The monoisotopic (exact) mass is 266 g/mol. The zero-order valence-corrected chi connectivity index (χ0v) is 12.0. The molecule has 20 heavy (non-hydrogen) atoms. The molecule has 0 radical (unpaired) electrons. The average Bonchev–Trinajstić information content (AvgIpc) is 2.45. The van der Waals surface area contributed by atoms with E-state index < -0.39 is 6.10 Å². The molecule has 0 spiro atoms. The van der Waals surface area contributed by atoms with E-state index in [1.807, 2.05) is 24.3 Å². The molecule has 1 nitrogen and oxygen atoms in total. The predicted molar refractivity (Wildman–Crippen MR) is 82.9 cm³/mol. The van der Waals surface area contributed by atoms with Gasteiger partial charge in [-0.3, -0.25) is 0 Å². The molecular weight excluding hydrogens is 244 g/mol. The summed E-state index contributed by atoms with van der Waals surface area (Å²) in [5.41, 5.74) is 3.67. The molecule has 1 fully saturated rings. The Balaban J connectivity index is 1.88. The van der Waals surface area contributed by atoms with Gasteiger partial charge in [0.05, 0.1) is 6.10 Å². The van der Waals surface area contributed by atoms with E-state index in [1.165, 1.54) is 30.4 Å². The van der Waals surface area contributed by atoms with Gasteiger partial charge in [-0.1, -0.05) is 67.9 Å². The normalized spacial score (nSPS) is 18.3. The minimum Gasteiger partial charge on any atom is -0.388 e. The number of hydrogen-bond donors (Lipinski definition) is 1. The van der Waals surface area contributed by atoms with Crippen LogP contribution in [0.2, 0.25) is 0 Å². The summed E-state index contributed by atoms with van der Waals surface area (Å²) in [6.07, 6.45) is 3.44. The van der Waals surface area contributed by atoms with Crippen molar-refractivity contribution in [2.45, 2.75) is 44.1 Å². The first-order valence-corrected chi connectivity index (χ1v) is 7.59. The van der Waals surface area contributed by atoms with Crippen LogP contribution in [0.4, 0.5) is 0 Å². The molecule has 2 atom stereocenters. The average molecular weight is 266 g/mol. The van der Waals surface area contributed by atoms with Crippen molar-refractivity contribution >= 4 is 0 Å². The summed E-state index contributed by atoms with van der Waals surface area (Å²) < 4.78 is 0. The van der Waals surface area contributed by atoms with Crippen molar-refractivity contribution in [3.8, 4) is 0 Å². The summed E-state index contributed by atoms with van der Waals surface area (Å²) >= 11 is 0. The minimum absolute atomic E-state index is 0.123. The highest BCUT2D eigenvalue weighted by molar-refractivity contribution is 5.35. The van der Waals surface area contributed by atoms with Crippen molar-refractivity contribution in [3.63, 3.8) is 0 Å². The van der Waals surface area contributed by atoms with Gasteiger partial charge in [0.15, 0.2) is 0 Å². The number of aliphatic hydroxyl groups excluding tert-OH is 1. The van der Waals surface area contributed by atoms with Gasteiger partial charge in [-0.05, 0) is 35.4 Å². The molecule has 1 aliphatic carbocycles. The van der Waals surface area contributed by atoms with Crippen molar-refractivity contribution in [2.24, 2.45) is 0 Å². The van der Waals surface area contributed by atoms with Crippen LogP contribution in [0, 0.1) is 0 Å². The summed E-state index contributed by atoms with van der Waals surface area (Å²) in [4.78, 5) is 0. The Labute approximate surface area is 121 Å². The third kappa shape index (κ3) is 2.51. The first kappa shape index (κ1) is 13.4. The number of rotatable bonds is 4. The molecule has 0 bridgehead atoms. The maximum atomic E-state index is 10.8. The Morgan fingerprint density at radius 1 is 0.950 bits per heavy atom. The topological polar surface area (TPSA) is 20.2 Å². The highest BCUT2D eigenvalue weighted by Crippen LogP contribution is 2.41. The van der Waals surface area contributed by atoms with Gasteiger partial charge in [0.1, 0.15) is 0 Å². The first-order chi connectivity index (χ1) is 9.77. The zero-order chi connectivity index (χ0) is 13.9. The molecule has 104 valence electrons. The lowest BCUT2D eigenvalue weighted by molar-refractivity contribution is 0.149. The molecular formula is C19H22O. The van der Waals surface area contributed by atoms with E-state index in [2.05, 4.69) is 37.3 Å². The lowest BCUT2D eigenvalue weighted by atomic mass is 9.76. The van der Waals surface area contributed by atoms with Crippen LogP contribution in [-0.4, -0.2) is 5.11 Å². The molecule has 0 aliphatic heterocycles. The van der Waals surface area contributed by atoms with E-state index in [1.54, 1.807) is 0 Å². The molecule has 0 aromatic heterocycles. The third-order valence-electron chi connectivity index (χ3n) is 4.66. The van der Waals surface area contributed by atoms with Crippen LogP contribution in [-0.2, 0) is 0 Å². The van der Waals surface area contributed by atoms with Gasteiger partial charge >= 0.3 is 0 Å². The van der Waals surface area contributed by atoms with Gasteiger partial charge in [0, 0.05) is 5.92 Å². The Morgan fingerprint density at radius 2 is 1.60 bits per heavy atom. The molecule has 2 aromatic carbocycles. The fraction of sp³-hybridized carbons (Fsp3) is 0.368. The summed E-state index contributed by atoms with van der Waals surface area (Å²) in [6, 6.07) is 18.7. The maximum Gasteiger partial charge on any atom is 0.0858 e. The van der Waals surface area contributed by atoms with Crippen LogP contribution >= 0.6 is 0 Å². The van der Waals surface area contributed by atoms with E-state index in [-0.39, 0.29) is 5.92 Å². The Kier molecular flexibility index (Phi) is 3.88. The van der Waals surface area contributed by atoms with Crippen molar-refractivity contribution in [1.29, 1.82) is 0 Å². The fourth-order valence-corrected chi connectivity index (χ4v) is 3.08. The molecule has 2 unspecified atom stereocenters. The van der Waals surface area contributed by atoms with Crippen LogP contribution in [0.25, 0.3) is 0 Å². The van der Waals surface area contributed by atoms with E-state index in [0.717, 1.165) is 5.56 Å². The van der Waals surface area contributed by atoms with Gasteiger partial charge in [0.25, 0.3) is 0 Å². The van der Waals surface area contributed by atoms with Crippen LogP contribution in [0.3, 0.4) is 0 Å². The van der Waals surface area contributed by atoms with Gasteiger partial charge < -0.3 is 5.11 Å². The molecule has 1 N–H and O–H groups in total. The molecule has 0 heterocycles. The predicted octanol–water partition coefficient (Wildman–Crippen LogP) is 4.79. The SMILES string of the molecule is CC(c1ccccc1)C(O)c1ccccc1C1CCC1. The Bertz CT molecular complexity index is 557. The highest BCUT2D eigenvalue weighted by Gasteiger charge is 2.26. The van der Waals surface area contributed by atoms with Crippen molar-refractivity contribution in [2.75, 3.05) is 0 Å². The van der Waals surface area contributed by atoms with Gasteiger partial charge in [-0.2, -0.15) is 0 Å². The van der Waals surface area contributed by atoms with Crippen molar-refractivity contribution in [1.82, 2.24) is 0 Å². The van der Waals surface area contributed by atoms with E-state index in [0.29, 0.717) is 5.92 Å². The second kappa shape index (κ2) is 5.80. The van der Waals surface area contributed by atoms with Gasteiger partial charge in [0.2, 0.25) is 0 Å². The maximum absolute atomic E-state index is 10.8. The highest BCUT2D eigenvalue weighted by atomic mass is 16.3. The molecule has 1 saturated carbocycles. The van der Waals surface area contributed by atoms with Crippen molar-refractivity contribution < 1.29 is 5.11 Å². The number of aliphatic hydroxyl groups is 1. The molecule has 0 amide bonds. The lowest BCUT2D eigenvalue weighted by Gasteiger charge is -2.30. The number of hydrogen-bond acceptors (Lipinski definition) is 1. The fourth-order valence-electron chi connectivity index (χ4n) is 3.08. The molecule has 1 aliphatic rings. The van der Waals surface area contributed by atoms with E-state index >= 15 is 0 Å². The minimum atomic E-state index is -0.422. The lowest BCUT2D eigenvalue weighted by Crippen LogP contribution is -2.15. The van der Waals surface area contributed by atoms with Crippen molar-refractivity contribution in [3.05, 3.63) is 71.3 Å². The molecule has 0 saturated heterocycles. The largest absolute Gasteiger partial charge is 0.388 e. The summed E-state index contributed by atoms with van der Waals surface area (Å²) in [5.74, 6) is 0.779. The standard InChI is InChI=1S/C19H22O/c1-14(15-8-3-2-4-9-15)19(20)18-13-6-5-12-17(18)16-10-7-11-16/h2-6,8-9,12-14,16,19-20H,7,10-11H2,1H3. The van der Waals surface area contributed by atoms with Crippen LogP contribution in [0.5, 0.6) is 0 Å². The Morgan fingerprint density at radius 3 is 2.25 bits per heavy atom. The zero-order valence-electron chi connectivity index (χ0n) is 12.0. The Hall–Kier alpha value is -1.60. The quantitative estimate of drug-likeness (QED) is 0.843. The van der Waals surface area contributed by atoms with E-state index in [4.69, 9.17) is 0 Å². The van der Waals surface area contributed by atoms with E-state index in [9.17, 15) is 5.11 Å². The second-order valence-electron chi connectivity index (χ2n) is 5.90. The van der Waals surface area contributed by atoms with Gasteiger partial charge in [-0.15, -0.1) is 0 Å². The van der Waals surface area contributed by atoms with Gasteiger partial charge in [-0.25, -0.2) is 0 Å². The van der Waals surface area contributed by atoms with Crippen LogP contribution < -0.4 is 0 Å². The summed E-state index contributed by atoms with van der Waals surface area (Å²) in [6.45, 7) is 2.11.